The number of carbonyl (C=O) groups excluding carboxylic acids is 4. The quantitative estimate of drug-likeness (QED) is 0.456. The minimum Gasteiger partial charge on any atom is -0.466 e. The lowest BCUT2D eigenvalue weighted by atomic mass is 9.98. The summed E-state index contributed by atoms with van der Waals surface area (Å²) in [7, 11) is 0. The van der Waals surface area contributed by atoms with Crippen LogP contribution in [0.5, 0.6) is 0 Å². The Morgan fingerprint density at radius 1 is 1.08 bits per heavy atom. The van der Waals surface area contributed by atoms with Gasteiger partial charge in [0.1, 0.15) is 5.69 Å². The molecule has 3 heterocycles. The van der Waals surface area contributed by atoms with Crippen molar-refractivity contribution in [1.82, 2.24) is 24.5 Å². The molecule has 1 aromatic carbocycles. The van der Waals surface area contributed by atoms with Gasteiger partial charge < -0.3 is 19.4 Å². The highest BCUT2D eigenvalue weighted by molar-refractivity contribution is 5.98. The number of carbonyl (C=O) groups is 4. The summed E-state index contributed by atoms with van der Waals surface area (Å²) in [4.78, 5) is 56.8. The van der Waals surface area contributed by atoms with Gasteiger partial charge in [-0.05, 0) is 45.6 Å². The number of likely N-dealkylation sites (tertiary alicyclic amines) is 1. The lowest BCUT2D eigenvalue weighted by Gasteiger charge is -2.32. The predicted octanol–water partition coefficient (Wildman–Crippen LogP) is 2.89. The summed E-state index contributed by atoms with van der Waals surface area (Å²) in [5, 5.41) is 4.48. The third kappa shape index (κ3) is 6.85. The van der Waals surface area contributed by atoms with Gasteiger partial charge in [-0.15, -0.1) is 0 Å². The fraction of sp³-hybridized carbons (Fsp3) is 0.552. The number of nitrogens with zero attached hydrogens (tertiary/aromatic N) is 5. The van der Waals surface area contributed by atoms with Crippen LogP contribution >= 0.6 is 0 Å². The van der Waals surface area contributed by atoms with Gasteiger partial charge in [0, 0.05) is 58.3 Å². The Labute approximate surface area is 229 Å². The van der Waals surface area contributed by atoms with Gasteiger partial charge in [-0.2, -0.15) is 5.10 Å². The van der Waals surface area contributed by atoms with E-state index in [0.717, 1.165) is 18.4 Å². The van der Waals surface area contributed by atoms with E-state index in [4.69, 9.17) is 4.74 Å². The molecule has 2 aromatic rings. The fourth-order valence-corrected chi connectivity index (χ4v) is 5.21. The van der Waals surface area contributed by atoms with E-state index in [0.29, 0.717) is 58.0 Å². The highest BCUT2D eigenvalue weighted by Crippen LogP contribution is 2.20. The van der Waals surface area contributed by atoms with Crippen LogP contribution in [0.2, 0.25) is 0 Å². The van der Waals surface area contributed by atoms with Gasteiger partial charge in [0.15, 0.2) is 5.69 Å². The number of hydrogen-bond acceptors (Lipinski definition) is 6. The van der Waals surface area contributed by atoms with Crippen LogP contribution in [0.3, 0.4) is 0 Å². The maximum absolute atomic E-state index is 13.3. The standard InChI is InChI=1S/C29H39N5O5/c1-4-31(17-13-26(35)32-14-6-8-23(20-32)29(38)39-5-2)27(36)24-18-25-28(37)33(15-7-16-34(25)30-24)19-22-11-9-21(3)10-12-22/h9-12,18,23H,4-8,13-17,19-20H2,1-3H3/t23-/m0/s1. The first-order chi connectivity index (χ1) is 18.8. The SMILES string of the molecule is CCOC(=O)[C@H]1CCCN(C(=O)CCN(CC)C(=O)c2cc3n(n2)CCCN(Cc2ccc(C)cc2)C3=O)C1. The maximum Gasteiger partial charge on any atom is 0.310 e. The monoisotopic (exact) mass is 537 g/mol. The van der Waals surface area contributed by atoms with Crippen molar-refractivity contribution < 1.29 is 23.9 Å². The number of rotatable bonds is 9. The molecule has 0 aliphatic carbocycles. The highest BCUT2D eigenvalue weighted by Gasteiger charge is 2.31. The number of aromatic nitrogens is 2. The smallest absolute Gasteiger partial charge is 0.310 e. The molecule has 4 rings (SSSR count). The van der Waals surface area contributed by atoms with E-state index in [9.17, 15) is 19.2 Å². The molecule has 2 aliphatic heterocycles. The van der Waals surface area contributed by atoms with Crippen molar-refractivity contribution in [1.29, 1.82) is 0 Å². The van der Waals surface area contributed by atoms with Gasteiger partial charge in [0.2, 0.25) is 5.91 Å². The molecule has 0 N–H and O–H groups in total. The largest absolute Gasteiger partial charge is 0.466 e. The van der Waals surface area contributed by atoms with E-state index in [1.54, 1.807) is 32.4 Å². The number of piperidine rings is 1. The van der Waals surface area contributed by atoms with Gasteiger partial charge in [-0.1, -0.05) is 29.8 Å². The Morgan fingerprint density at radius 2 is 1.85 bits per heavy atom. The normalized spacial score (nSPS) is 17.4. The zero-order chi connectivity index (χ0) is 27.9. The molecular weight excluding hydrogens is 498 g/mol. The first kappa shape index (κ1) is 28.3. The van der Waals surface area contributed by atoms with E-state index in [1.165, 1.54) is 5.56 Å². The minimum atomic E-state index is -0.299. The Morgan fingerprint density at radius 3 is 2.56 bits per heavy atom. The Bertz CT molecular complexity index is 1190. The Balaban J connectivity index is 1.37. The van der Waals surface area contributed by atoms with Gasteiger partial charge in [-0.3, -0.25) is 23.9 Å². The Hall–Kier alpha value is -3.69. The molecule has 0 unspecified atom stereocenters. The molecule has 0 saturated carbocycles. The topological polar surface area (TPSA) is 105 Å². The van der Waals surface area contributed by atoms with Gasteiger partial charge in [-0.25, -0.2) is 0 Å². The summed E-state index contributed by atoms with van der Waals surface area (Å²) in [6.45, 7) is 9.27. The molecule has 10 heteroatoms. The minimum absolute atomic E-state index is 0.0854. The lowest BCUT2D eigenvalue weighted by Crippen LogP contribution is -2.44. The number of amides is 3. The van der Waals surface area contributed by atoms with Crippen LogP contribution < -0.4 is 0 Å². The first-order valence-electron chi connectivity index (χ1n) is 14.0. The molecule has 0 spiro atoms. The van der Waals surface area contributed by atoms with Crippen molar-refractivity contribution in [2.45, 2.75) is 59.5 Å². The number of hydrogen-bond donors (Lipinski definition) is 0. The molecule has 0 radical (unpaired) electrons. The molecule has 2 aliphatic rings. The van der Waals surface area contributed by atoms with Crippen molar-refractivity contribution >= 4 is 23.7 Å². The molecule has 1 atom stereocenters. The average Bonchev–Trinajstić information content (AvgIpc) is 3.31. The van der Waals surface area contributed by atoms with Crippen LogP contribution in [-0.2, 0) is 27.4 Å². The van der Waals surface area contributed by atoms with Crippen LogP contribution in [0.15, 0.2) is 30.3 Å². The predicted molar refractivity (Wildman–Crippen MR) is 145 cm³/mol. The second-order valence-corrected chi connectivity index (χ2v) is 10.3. The molecule has 1 fully saturated rings. The lowest BCUT2D eigenvalue weighted by molar-refractivity contribution is -0.151. The van der Waals surface area contributed by atoms with Gasteiger partial charge in [0.25, 0.3) is 11.8 Å². The summed E-state index contributed by atoms with van der Waals surface area (Å²) in [6.07, 6.45) is 2.37. The third-order valence-electron chi connectivity index (χ3n) is 7.46. The van der Waals surface area contributed by atoms with Crippen molar-refractivity contribution in [2.24, 2.45) is 5.92 Å². The summed E-state index contributed by atoms with van der Waals surface area (Å²) in [5.74, 6) is -1.08. The molecule has 39 heavy (non-hydrogen) atoms. The third-order valence-corrected chi connectivity index (χ3v) is 7.46. The van der Waals surface area contributed by atoms with Crippen molar-refractivity contribution in [3.63, 3.8) is 0 Å². The Kier molecular flexibility index (Phi) is 9.37. The van der Waals surface area contributed by atoms with Crippen LogP contribution in [0.4, 0.5) is 0 Å². The molecule has 0 bridgehead atoms. The highest BCUT2D eigenvalue weighted by atomic mass is 16.5. The molecular formula is C29H39N5O5. The maximum atomic E-state index is 13.3. The van der Waals surface area contributed by atoms with E-state index < -0.39 is 0 Å². The second kappa shape index (κ2) is 12.9. The zero-order valence-electron chi connectivity index (χ0n) is 23.2. The van der Waals surface area contributed by atoms with E-state index in [-0.39, 0.29) is 48.3 Å². The van der Waals surface area contributed by atoms with E-state index >= 15 is 0 Å². The van der Waals surface area contributed by atoms with E-state index in [1.807, 2.05) is 38.1 Å². The summed E-state index contributed by atoms with van der Waals surface area (Å²) in [5.41, 5.74) is 2.85. The molecule has 1 saturated heterocycles. The van der Waals surface area contributed by atoms with Gasteiger partial charge in [0.05, 0.1) is 12.5 Å². The van der Waals surface area contributed by atoms with Crippen molar-refractivity contribution in [3.05, 3.63) is 52.8 Å². The number of esters is 1. The second-order valence-electron chi connectivity index (χ2n) is 10.3. The molecule has 3 amide bonds. The zero-order valence-corrected chi connectivity index (χ0v) is 23.2. The van der Waals surface area contributed by atoms with Crippen LogP contribution in [0.25, 0.3) is 0 Å². The summed E-state index contributed by atoms with van der Waals surface area (Å²) < 4.78 is 6.76. The van der Waals surface area contributed by atoms with Crippen LogP contribution in [-0.4, -0.2) is 87.5 Å². The molecule has 10 nitrogen and oxygen atoms in total. The van der Waals surface area contributed by atoms with Crippen LogP contribution in [0, 0.1) is 12.8 Å². The van der Waals surface area contributed by atoms with Crippen molar-refractivity contribution in [2.75, 3.05) is 39.3 Å². The first-order valence-corrected chi connectivity index (χ1v) is 14.0. The van der Waals surface area contributed by atoms with Crippen LogP contribution in [0.1, 0.15) is 71.6 Å². The van der Waals surface area contributed by atoms with Gasteiger partial charge >= 0.3 is 5.97 Å². The molecule has 210 valence electrons. The fourth-order valence-electron chi connectivity index (χ4n) is 5.21. The summed E-state index contributed by atoms with van der Waals surface area (Å²) >= 11 is 0. The summed E-state index contributed by atoms with van der Waals surface area (Å²) in [6, 6.07) is 9.71. The number of aryl methyl sites for hydroxylation is 2. The number of fused-ring (bicyclic) bond motifs is 1. The number of benzene rings is 1. The number of ether oxygens (including phenoxy) is 1. The van der Waals surface area contributed by atoms with E-state index in [2.05, 4.69) is 5.10 Å². The molecule has 1 aromatic heterocycles. The van der Waals surface area contributed by atoms with Crippen molar-refractivity contribution in [3.8, 4) is 0 Å². The average molecular weight is 538 g/mol.